The molecule has 17 nitrogen and oxygen atoms in total. The number of hydrogen-bond acceptors (Lipinski definition) is 11. The molecule has 0 bridgehead atoms. The largest absolute Gasteiger partial charge is 0.459 e. The van der Waals surface area contributed by atoms with Crippen LogP contribution >= 0.6 is 0 Å². The van der Waals surface area contributed by atoms with Crippen molar-refractivity contribution in [2.45, 2.75) is 67.4 Å². The number of ether oxygens (including phenoxy) is 2. The molecular formula is C48H54N8O9S3. The molecule has 68 heavy (non-hydrogen) atoms. The van der Waals surface area contributed by atoms with E-state index in [0.717, 1.165) is 35.1 Å². The Hall–Kier alpha value is -6.40. The highest BCUT2D eigenvalue weighted by Crippen LogP contribution is 2.38. The van der Waals surface area contributed by atoms with E-state index in [2.05, 4.69) is 49.8 Å². The van der Waals surface area contributed by atoms with E-state index >= 15 is 0 Å². The molecule has 4 N–H and O–H groups in total. The summed E-state index contributed by atoms with van der Waals surface area (Å²) in [6, 6.07) is 21.1. The van der Waals surface area contributed by atoms with Crippen molar-refractivity contribution in [3.8, 4) is 28.6 Å². The highest BCUT2D eigenvalue weighted by molar-refractivity contribution is 7.82. The maximum atomic E-state index is 14.1. The van der Waals surface area contributed by atoms with Crippen LogP contribution in [0, 0.1) is 52.0 Å². The summed E-state index contributed by atoms with van der Waals surface area (Å²) in [6.45, 7) is 23.8. The number of morpholine rings is 1. The van der Waals surface area contributed by atoms with Gasteiger partial charge in [-0.05, 0) is 117 Å². The Bertz CT molecular complexity index is 2870. The number of anilines is 4. The van der Waals surface area contributed by atoms with Gasteiger partial charge in [-0.25, -0.2) is 14.6 Å². The smallest absolute Gasteiger partial charge is 0.331 e. The van der Waals surface area contributed by atoms with Crippen LogP contribution in [0.2, 0.25) is 0 Å². The summed E-state index contributed by atoms with van der Waals surface area (Å²) < 4.78 is 80.1. The van der Waals surface area contributed by atoms with E-state index in [0.29, 0.717) is 66.5 Å². The Morgan fingerprint density at radius 2 is 1.37 bits per heavy atom. The van der Waals surface area contributed by atoms with Crippen molar-refractivity contribution in [3.05, 3.63) is 118 Å². The van der Waals surface area contributed by atoms with E-state index in [4.69, 9.17) is 33.6 Å². The molecule has 1 saturated carbocycles. The zero-order valence-electron chi connectivity index (χ0n) is 38.7. The van der Waals surface area contributed by atoms with E-state index < -0.39 is 39.8 Å². The predicted molar refractivity (Wildman–Crippen MR) is 266 cm³/mol. The normalized spacial score (nSPS) is 19.6. The number of aryl methyl sites for hydroxylation is 4. The molecule has 20 heteroatoms. The molecule has 0 radical (unpaired) electrons. The van der Waals surface area contributed by atoms with Crippen molar-refractivity contribution in [2.24, 2.45) is 17.8 Å². The lowest BCUT2D eigenvalue weighted by molar-refractivity contribution is -0.0249. The third kappa shape index (κ3) is 11.3. The minimum Gasteiger partial charge on any atom is -0.459 e. The van der Waals surface area contributed by atoms with Gasteiger partial charge in [0.1, 0.15) is 28.9 Å². The fraction of sp³-hybridized carbons (Fsp3) is 0.354. The number of nitrogens with zero attached hydrogens (tertiary/aromatic N) is 4. The van der Waals surface area contributed by atoms with Crippen molar-refractivity contribution >= 4 is 73.9 Å². The molecule has 8 rings (SSSR count). The number of hydrogen-bond donors (Lipinski definition) is 4. The first-order valence-corrected chi connectivity index (χ1v) is 25.4. The summed E-state index contributed by atoms with van der Waals surface area (Å²) in [5.41, 5.74) is 6.04. The third-order valence-corrected chi connectivity index (χ3v) is 14.2. The number of aromatic nitrogens is 3. The quantitative estimate of drug-likeness (QED) is 0.0534. The molecule has 0 amide bonds. The zero-order valence-corrected chi connectivity index (χ0v) is 41.2. The van der Waals surface area contributed by atoms with Gasteiger partial charge in [0.15, 0.2) is 11.5 Å². The number of esters is 1. The number of benzene rings is 4. The lowest BCUT2D eigenvalue weighted by atomic mass is 9.75. The fourth-order valence-electron chi connectivity index (χ4n) is 8.74. The first kappa shape index (κ1) is 48.1. The molecule has 5 atom stereocenters. The topological polar surface area (TPSA) is 191 Å². The fourth-order valence-corrected chi connectivity index (χ4v) is 10.8. The summed E-state index contributed by atoms with van der Waals surface area (Å²) in [4.78, 5) is 24.3. The Balaban J connectivity index is 1.07. The van der Waals surface area contributed by atoms with Crippen molar-refractivity contribution in [2.75, 3.05) is 45.4 Å². The van der Waals surface area contributed by atoms with E-state index in [1.54, 1.807) is 18.2 Å². The molecule has 358 valence electrons. The molecule has 1 aliphatic carbocycles. The average Bonchev–Trinajstić information content (AvgIpc) is 3.86. The van der Waals surface area contributed by atoms with Crippen molar-refractivity contribution < 1.29 is 39.4 Å². The first-order chi connectivity index (χ1) is 32.6. The Labute approximate surface area is 403 Å². The van der Waals surface area contributed by atoms with Crippen LogP contribution in [0.15, 0.2) is 79.0 Å². The Morgan fingerprint density at radius 1 is 0.779 bits per heavy atom. The molecule has 2 fully saturated rings. The number of fused-ring (bicyclic) bond motifs is 1. The Morgan fingerprint density at radius 3 is 1.96 bits per heavy atom. The van der Waals surface area contributed by atoms with Crippen LogP contribution in [0.1, 0.15) is 66.2 Å². The molecule has 1 saturated heterocycles. The van der Waals surface area contributed by atoms with E-state index in [9.17, 15) is 17.4 Å². The van der Waals surface area contributed by atoms with Gasteiger partial charge in [-0.2, -0.15) is 12.6 Å². The summed E-state index contributed by atoms with van der Waals surface area (Å²) >= 11 is -6.44. The van der Waals surface area contributed by atoms with Gasteiger partial charge in [-0.15, -0.1) is 0 Å². The van der Waals surface area contributed by atoms with E-state index in [1.165, 1.54) is 28.9 Å². The monoisotopic (exact) mass is 982 g/mol. The number of H-pyrrole nitrogens is 1. The second kappa shape index (κ2) is 20.9. The summed E-state index contributed by atoms with van der Waals surface area (Å²) in [5, 5.41) is 3.20. The molecular weight excluding hydrogens is 929 g/mol. The van der Waals surface area contributed by atoms with Gasteiger partial charge >= 0.3 is 39.8 Å². The molecule has 1 aliphatic heterocycles. The summed E-state index contributed by atoms with van der Waals surface area (Å²) in [5.74, 6) is 1.55. The lowest BCUT2D eigenvalue weighted by Crippen LogP contribution is -2.37. The molecule has 3 heterocycles. The van der Waals surface area contributed by atoms with Gasteiger partial charge in [0.2, 0.25) is 5.69 Å². The zero-order chi connectivity index (χ0) is 48.2. The van der Waals surface area contributed by atoms with Crippen molar-refractivity contribution in [3.63, 3.8) is 0 Å². The van der Waals surface area contributed by atoms with Gasteiger partial charge in [0.05, 0.1) is 42.5 Å². The SMILES string of the molecule is [C-]#[N+]c1cn2[nH]c(-c3ccc(N4CCOCC4)c(NS(=O)Oc4cc(NS(=O)Oc5cc(C)ccc5C)cc(NS(=O)Oc5cc(C)ccc5C)c4)c3)nc2c1C(=O)OC1C(C)CC(C)CC1C. The lowest BCUT2D eigenvalue weighted by Gasteiger charge is -2.37. The van der Waals surface area contributed by atoms with E-state index in [-0.39, 0.29) is 52.0 Å². The Kier molecular flexibility index (Phi) is 14.7. The average molecular weight is 983 g/mol. The van der Waals surface area contributed by atoms with Crippen LogP contribution in [-0.4, -0.2) is 65.6 Å². The summed E-state index contributed by atoms with van der Waals surface area (Å²) in [7, 11) is 0. The maximum absolute atomic E-state index is 14.1. The highest BCUT2D eigenvalue weighted by atomic mass is 32.2. The van der Waals surface area contributed by atoms with E-state index in [1.807, 2.05) is 64.1 Å². The minimum atomic E-state index is -2.26. The molecule has 2 aliphatic rings. The maximum Gasteiger partial charge on any atom is 0.331 e. The van der Waals surface area contributed by atoms with Gasteiger partial charge in [-0.1, -0.05) is 45.0 Å². The second-order valence-electron chi connectivity index (χ2n) is 17.5. The number of aromatic amines is 1. The number of carbonyl (C=O) groups excluding carboxylic acids is 1. The van der Waals surface area contributed by atoms with Crippen LogP contribution in [0.3, 0.4) is 0 Å². The van der Waals surface area contributed by atoms with Gasteiger partial charge < -0.3 is 26.9 Å². The molecule has 6 aromatic rings. The van der Waals surface area contributed by atoms with Crippen molar-refractivity contribution in [1.82, 2.24) is 14.6 Å². The predicted octanol–water partition coefficient (Wildman–Crippen LogP) is 9.39. The van der Waals surface area contributed by atoms with Crippen LogP contribution in [0.5, 0.6) is 17.2 Å². The number of nitrogens with one attached hydrogen (secondary N) is 4. The second-order valence-corrected chi connectivity index (χ2v) is 20.1. The van der Waals surface area contributed by atoms with Crippen LogP contribution in [-0.2, 0) is 43.3 Å². The molecule has 2 aromatic heterocycles. The van der Waals surface area contributed by atoms with Gasteiger partial charge in [0, 0.05) is 37.0 Å². The molecule has 0 spiro atoms. The number of carbonyl (C=O) groups is 1. The summed E-state index contributed by atoms with van der Waals surface area (Å²) in [6.07, 6.45) is 3.14. The number of rotatable bonds is 16. The van der Waals surface area contributed by atoms with Crippen LogP contribution in [0.4, 0.5) is 28.4 Å². The third-order valence-electron chi connectivity index (χ3n) is 12.0. The molecule has 4 aromatic carbocycles. The van der Waals surface area contributed by atoms with Gasteiger partial charge in [0.25, 0.3) is 0 Å². The van der Waals surface area contributed by atoms with Gasteiger partial charge in [-0.3, -0.25) is 23.8 Å². The van der Waals surface area contributed by atoms with Crippen LogP contribution < -0.4 is 31.6 Å². The highest BCUT2D eigenvalue weighted by Gasteiger charge is 2.36. The first-order valence-electron chi connectivity index (χ1n) is 22.2. The van der Waals surface area contributed by atoms with Crippen molar-refractivity contribution in [1.29, 1.82) is 0 Å². The van der Waals surface area contributed by atoms with Crippen LogP contribution in [0.25, 0.3) is 21.9 Å². The molecule has 5 unspecified atom stereocenters. The standard InChI is InChI=1S/C48H54N8O9S3/c1-28-9-11-31(4)42(21-28)64-66(58)52-36-24-37(53-67(59)65-43-22-29(2)10-12-32(43)5)26-38(25-36)63-68(60)54-39-23-35(13-14-41(39)55-15-17-61-18-16-55)46-50-47-44(40(49-8)27-56(47)51-46)48(57)62-45-33(6)19-30(3)20-34(45)7/h9-14,21-27,30,33-34,45,52-54H,15-20H2,1-7H3,(H,50,51). The minimum absolute atomic E-state index is 0.0441.